The molecule has 2 heteroatoms. The summed E-state index contributed by atoms with van der Waals surface area (Å²) in [4.78, 5) is 11.3. The van der Waals surface area contributed by atoms with Crippen molar-refractivity contribution in [2.45, 2.75) is 50.9 Å². The highest BCUT2D eigenvalue weighted by molar-refractivity contribution is 5.88. The summed E-state index contributed by atoms with van der Waals surface area (Å²) < 4.78 is 0. The Kier molecular flexibility index (Phi) is 2.55. The molecule has 4 saturated carbocycles. The van der Waals surface area contributed by atoms with Crippen LogP contribution in [0.4, 0.5) is 0 Å². The molecule has 0 aliphatic heterocycles. The molecule has 4 aliphatic rings. The van der Waals surface area contributed by atoms with Crippen LogP contribution in [0.5, 0.6) is 0 Å². The average Bonchev–Trinajstić information content (AvgIpc) is 2.37. The van der Waals surface area contributed by atoms with Crippen molar-refractivity contribution in [2.75, 3.05) is 0 Å². The van der Waals surface area contributed by atoms with Crippen LogP contribution in [0.3, 0.4) is 0 Å². The Bertz CT molecular complexity index is 537. The molecule has 0 spiro atoms. The number of rotatable bonds is 2. The molecule has 0 unspecified atom stereocenters. The van der Waals surface area contributed by atoms with Gasteiger partial charge in [-0.1, -0.05) is 6.07 Å². The Labute approximate surface area is 120 Å². The van der Waals surface area contributed by atoms with Gasteiger partial charge in [0, 0.05) is 0 Å². The minimum Gasteiger partial charge on any atom is -0.478 e. The van der Waals surface area contributed by atoms with Gasteiger partial charge in [0.05, 0.1) is 5.56 Å². The second kappa shape index (κ2) is 4.09. The second-order valence-corrected chi connectivity index (χ2v) is 7.53. The summed E-state index contributed by atoms with van der Waals surface area (Å²) in [5.41, 5.74) is 3.39. The first-order chi connectivity index (χ1) is 9.56. The topological polar surface area (TPSA) is 37.3 Å². The van der Waals surface area contributed by atoms with Gasteiger partial charge in [0.2, 0.25) is 0 Å². The number of carboxylic acids is 1. The van der Waals surface area contributed by atoms with Gasteiger partial charge in [0.25, 0.3) is 0 Å². The molecule has 0 atom stereocenters. The van der Waals surface area contributed by atoms with Crippen LogP contribution >= 0.6 is 0 Å². The zero-order valence-electron chi connectivity index (χ0n) is 12.1. The molecule has 0 aromatic heterocycles. The van der Waals surface area contributed by atoms with Crippen molar-refractivity contribution >= 4 is 5.97 Å². The molecular formula is C18H22O2. The molecule has 0 saturated heterocycles. The molecule has 4 fully saturated rings. The summed E-state index contributed by atoms with van der Waals surface area (Å²) in [5.74, 6) is 1.90. The molecule has 0 amide bonds. The van der Waals surface area contributed by atoms with Crippen LogP contribution in [0.15, 0.2) is 18.2 Å². The lowest BCUT2D eigenvalue weighted by molar-refractivity contribution is -0.00549. The zero-order chi connectivity index (χ0) is 13.9. The van der Waals surface area contributed by atoms with Crippen LogP contribution < -0.4 is 0 Å². The smallest absolute Gasteiger partial charge is 0.335 e. The summed E-state index contributed by atoms with van der Waals surface area (Å²) in [7, 11) is 0. The van der Waals surface area contributed by atoms with Gasteiger partial charge >= 0.3 is 5.97 Å². The SMILES string of the molecule is Cc1ccc(C(=O)O)cc1C12CC3CC(CC(C3)C1)C2. The normalized spacial score (nSPS) is 38.1. The molecule has 5 rings (SSSR count). The summed E-state index contributed by atoms with van der Waals surface area (Å²) in [5, 5.41) is 9.28. The Balaban J connectivity index is 1.80. The zero-order valence-corrected chi connectivity index (χ0v) is 12.1. The Hall–Kier alpha value is -1.31. The minimum atomic E-state index is -0.795. The Morgan fingerprint density at radius 2 is 1.65 bits per heavy atom. The van der Waals surface area contributed by atoms with E-state index in [2.05, 4.69) is 6.92 Å². The van der Waals surface area contributed by atoms with E-state index in [-0.39, 0.29) is 0 Å². The van der Waals surface area contributed by atoms with E-state index in [1.807, 2.05) is 12.1 Å². The van der Waals surface area contributed by atoms with E-state index in [1.165, 1.54) is 49.7 Å². The number of hydrogen-bond acceptors (Lipinski definition) is 1. The van der Waals surface area contributed by atoms with Gasteiger partial charge < -0.3 is 5.11 Å². The lowest BCUT2D eigenvalue weighted by Crippen LogP contribution is -2.48. The molecule has 1 aromatic carbocycles. The van der Waals surface area contributed by atoms with Gasteiger partial charge in [-0.3, -0.25) is 0 Å². The van der Waals surface area contributed by atoms with Gasteiger partial charge in [-0.15, -0.1) is 0 Å². The van der Waals surface area contributed by atoms with Crippen LogP contribution in [0.2, 0.25) is 0 Å². The summed E-state index contributed by atoms with van der Waals surface area (Å²) in [6.07, 6.45) is 8.17. The van der Waals surface area contributed by atoms with Gasteiger partial charge in [0.1, 0.15) is 0 Å². The van der Waals surface area contributed by atoms with Crippen molar-refractivity contribution in [1.29, 1.82) is 0 Å². The summed E-state index contributed by atoms with van der Waals surface area (Å²) in [6.45, 7) is 2.15. The lowest BCUT2D eigenvalue weighted by atomic mass is 9.47. The Morgan fingerprint density at radius 3 is 2.15 bits per heavy atom. The summed E-state index contributed by atoms with van der Waals surface area (Å²) >= 11 is 0. The molecule has 2 nitrogen and oxygen atoms in total. The molecule has 106 valence electrons. The third-order valence-corrected chi connectivity index (χ3v) is 6.09. The molecule has 1 aromatic rings. The maximum Gasteiger partial charge on any atom is 0.335 e. The number of hydrogen-bond donors (Lipinski definition) is 1. The average molecular weight is 270 g/mol. The first-order valence-electron chi connectivity index (χ1n) is 7.90. The standard InChI is InChI=1S/C18H22O2/c1-11-2-3-15(17(19)20)7-16(11)18-8-12-4-13(9-18)6-14(5-12)10-18/h2-3,7,12-14H,4-6,8-10H2,1H3,(H,19,20). The Morgan fingerprint density at radius 1 is 1.10 bits per heavy atom. The fourth-order valence-corrected chi connectivity index (χ4v) is 5.77. The van der Waals surface area contributed by atoms with E-state index >= 15 is 0 Å². The maximum atomic E-state index is 11.3. The maximum absolute atomic E-state index is 11.3. The monoisotopic (exact) mass is 270 g/mol. The molecule has 20 heavy (non-hydrogen) atoms. The largest absolute Gasteiger partial charge is 0.478 e. The molecule has 4 aliphatic carbocycles. The van der Waals surface area contributed by atoms with Crippen LogP contribution in [-0.4, -0.2) is 11.1 Å². The van der Waals surface area contributed by atoms with Gasteiger partial charge in [-0.2, -0.15) is 0 Å². The van der Waals surface area contributed by atoms with Crippen molar-refractivity contribution < 1.29 is 9.90 Å². The van der Waals surface area contributed by atoms with E-state index in [9.17, 15) is 9.90 Å². The first-order valence-corrected chi connectivity index (χ1v) is 7.90. The van der Waals surface area contributed by atoms with Crippen LogP contribution in [-0.2, 0) is 5.41 Å². The number of aryl methyl sites for hydroxylation is 1. The van der Waals surface area contributed by atoms with Gasteiger partial charge in [0.15, 0.2) is 0 Å². The lowest BCUT2D eigenvalue weighted by Gasteiger charge is -2.57. The molecular weight excluding hydrogens is 248 g/mol. The molecule has 1 N–H and O–H groups in total. The third kappa shape index (κ3) is 1.73. The van der Waals surface area contributed by atoms with Crippen molar-refractivity contribution in [3.8, 4) is 0 Å². The van der Waals surface area contributed by atoms with Crippen LogP contribution in [0.25, 0.3) is 0 Å². The van der Waals surface area contributed by atoms with Gasteiger partial charge in [-0.25, -0.2) is 4.79 Å². The fourth-order valence-electron chi connectivity index (χ4n) is 5.77. The highest BCUT2D eigenvalue weighted by Crippen LogP contribution is 2.61. The van der Waals surface area contributed by atoms with E-state index in [0.717, 1.165) is 17.8 Å². The third-order valence-electron chi connectivity index (χ3n) is 6.09. The number of benzene rings is 1. The molecule has 4 bridgehead atoms. The molecule has 0 heterocycles. The van der Waals surface area contributed by atoms with Crippen molar-refractivity contribution in [1.82, 2.24) is 0 Å². The second-order valence-electron chi connectivity index (χ2n) is 7.53. The number of aromatic carboxylic acids is 1. The van der Waals surface area contributed by atoms with Crippen molar-refractivity contribution in [2.24, 2.45) is 17.8 Å². The number of carbonyl (C=O) groups is 1. The van der Waals surface area contributed by atoms with Crippen molar-refractivity contribution in [3.05, 3.63) is 34.9 Å². The van der Waals surface area contributed by atoms with E-state index in [4.69, 9.17) is 0 Å². The van der Waals surface area contributed by atoms with E-state index < -0.39 is 5.97 Å². The highest BCUT2D eigenvalue weighted by Gasteiger charge is 2.51. The predicted molar refractivity (Wildman–Crippen MR) is 78.0 cm³/mol. The quantitative estimate of drug-likeness (QED) is 0.876. The minimum absolute atomic E-state index is 0.296. The predicted octanol–water partition coefficient (Wildman–Crippen LogP) is 4.16. The number of carboxylic acid groups (broad SMARTS) is 1. The van der Waals surface area contributed by atoms with E-state index in [1.54, 1.807) is 6.07 Å². The van der Waals surface area contributed by atoms with Crippen LogP contribution in [0.1, 0.15) is 60.0 Å². The fraction of sp³-hybridized carbons (Fsp3) is 0.611. The molecule has 0 radical (unpaired) electrons. The van der Waals surface area contributed by atoms with Gasteiger partial charge in [-0.05, 0) is 91.9 Å². The summed E-state index contributed by atoms with van der Waals surface area (Å²) in [6, 6.07) is 5.74. The van der Waals surface area contributed by atoms with Crippen LogP contribution in [0, 0.1) is 24.7 Å². The van der Waals surface area contributed by atoms with Crippen molar-refractivity contribution in [3.63, 3.8) is 0 Å². The highest BCUT2D eigenvalue weighted by atomic mass is 16.4. The van der Waals surface area contributed by atoms with E-state index in [0.29, 0.717) is 11.0 Å². The first kappa shape index (κ1) is 12.4.